The third kappa shape index (κ3) is 4.59. The first-order valence-corrected chi connectivity index (χ1v) is 6.21. The van der Waals surface area contributed by atoms with Crippen molar-refractivity contribution < 1.29 is 4.92 Å². The van der Waals surface area contributed by atoms with Gasteiger partial charge in [-0.3, -0.25) is 10.1 Å². The number of nitro benzene ring substituents is 1. The minimum atomic E-state index is -0.385. The van der Waals surface area contributed by atoms with E-state index in [1.165, 1.54) is 6.07 Å². The molecule has 0 radical (unpaired) electrons. The van der Waals surface area contributed by atoms with Crippen molar-refractivity contribution in [1.29, 1.82) is 5.26 Å². The van der Waals surface area contributed by atoms with Crippen molar-refractivity contribution in [3.05, 3.63) is 33.9 Å². The highest BCUT2D eigenvalue weighted by molar-refractivity contribution is 5.62. The monoisotopic (exact) mass is 261 g/mol. The summed E-state index contributed by atoms with van der Waals surface area (Å²) in [5.41, 5.74) is 1.52. The summed E-state index contributed by atoms with van der Waals surface area (Å²) >= 11 is 0. The lowest BCUT2D eigenvalue weighted by atomic mass is 9.88. The number of rotatable bonds is 6. The quantitative estimate of drug-likeness (QED) is 0.626. The molecule has 0 aliphatic heterocycles. The van der Waals surface area contributed by atoms with Crippen molar-refractivity contribution in [1.82, 2.24) is 0 Å². The maximum Gasteiger partial charge on any atom is 0.292 e. The first-order valence-electron chi connectivity index (χ1n) is 6.21. The lowest BCUT2D eigenvalue weighted by Gasteiger charge is -2.24. The molecule has 0 bridgehead atoms. The van der Waals surface area contributed by atoms with Crippen molar-refractivity contribution in [3.63, 3.8) is 0 Å². The Hall–Kier alpha value is -2.09. The second-order valence-corrected chi connectivity index (χ2v) is 5.45. The van der Waals surface area contributed by atoms with Crippen LogP contribution in [0.4, 0.5) is 11.4 Å². The Labute approximate surface area is 113 Å². The van der Waals surface area contributed by atoms with Crippen LogP contribution < -0.4 is 5.32 Å². The highest BCUT2D eigenvalue weighted by Crippen LogP contribution is 2.28. The molecule has 0 heterocycles. The third-order valence-electron chi connectivity index (χ3n) is 3.02. The number of nitro groups is 1. The number of aryl methyl sites for hydroxylation is 1. The molecule has 19 heavy (non-hydrogen) atoms. The van der Waals surface area contributed by atoms with Gasteiger partial charge in [0, 0.05) is 19.0 Å². The summed E-state index contributed by atoms with van der Waals surface area (Å²) < 4.78 is 0. The third-order valence-corrected chi connectivity index (χ3v) is 3.02. The maximum atomic E-state index is 11.0. The van der Waals surface area contributed by atoms with Crippen LogP contribution in [0, 0.1) is 33.8 Å². The molecule has 0 amide bonds. The van der Waals surface area contributed by atoms with E-state index in [9.17, 15) is 10.1 Å². The first-order chi connectivity index (χ1) is 8.85. The second kappa shape index (κ2) is 6.19. The van der Waals surface area contributed by atoms with E-state index in [4.69, 9.17) is 5.26 Å². The molecule has 102 valence electrons. The Kier molecular flexibility index (Phi) is 4.87. The van der Waals surface area contributed by atoms with E-state index in [-0.39, 0.29) is 16.0 Å². The average Bonchev–Trinajstić information content (AvgIpc) is 2.34. The van der Waals surface area contributed by atoms with Crippen LogP contribution in [0.15, 0.2) is 18.2 Å². The molecular formula is C14H19N3O2. The van der Waals surface area contributed by atoms with E-state index in [0.29, 0.717) is 18.7 Å². The molecule has 1 rings (SSSR count). The summed E-state index contributed by atoms with van der Waals surface area (Å²) in [6.45, 7) is 6.58. The van der Waals surface area contributed by atoms with Gasteiger partial charge in [0.05, 0.1) is 11.0 Å². The predicted molar refractivity (Wildman–Crippen MR) is 75.0 cm³/mol. The van der Waals surface area contributed by atoms with Crippen LogP contribution in [0.3, 0.4) is 0 Å². The fourth-order valence-corrected chi connectivity index (χ4v) is 1.77. The Balaban J connectivity index is 2.80. The molecule has 0 fully saturated rings. The molecule has 0 aromatic heterocycles. The molecule has 1 aromatic carbocycles. The van der Waals surface area contributed by atoms with Gasteiger partial charge in [0.1, 0.15) is 5.69 Å². The van der Waals surface area contributed by atoms with Crippen LogP contribution in [0.2, 0.25) is 0 Å². The molecule has 0 saturated heterocycles. The number of hydrogen-bond donors (Lipinski definition) is 1. The Morgan fingerprint density at radius 1 is 1.47 bits per heavy atom. The summed E-state index contributed by atoms with van der Waals surface area (Å²) in [6.07, 6.45) is 1.25. The Morgan fingerprint density at radius 2 is 2.16 bits per heavy atom. The van der Waals surface area contributed by atoms with Crippen LogP contribution >= 0.6 is 0 Å². The number of nitriles is 1. The van der Waals surface area contributed by atoms with Gasteiger partial charge in [-0.25, -0.2) is 0 Å². The first kappa shape index (κ1) is 15.0. The van der Waals surface area contributed by atoms with E-state index in [0.717, 1.165) is 12.0 Å². The van der Waals surface area contributed by atoms with Gasteiger partial charge in [-0.2, -0.15) is 5.26 Å². The summed E-state index contributed by atoms with van der Waals surface area (Å²) in [7, 11) is 0. The smallest absolute Gasteiger partial charge is 0.292 e. The average molecular weight is 261 g/mol. The Bertz CT molecular complexity index is 504. The van der Waals surface area contributed by atoms with Crippen LogP contribution in [-0.4, -0.2) is 11.5 Å². The molecule has 0 aliphatic carbocycles. The lowest BCUT2D eigenvalue weighted by molar-refractivity contribution is -0.384. The number of hydrogen-bond acceptors (Lipinski definition) is 4. The fourth-order valence-electron chi connectivity index (χ4n) is 1.77. The van der Waals surface area contributed by atoms with Gasteiger partial charge in [0.2, 0.25) is 0 Å². The molecule has 0 atom stereocenters. The van der Waals surface area contributed by atoms with E-state index in [2.05, 4.69) is 11.4 Å². The number of anilines is 1. The SMILES string of the molecule is Cc1ccc([N+](=O)[O-])c(NCC(C)(C)CCC#N)c1. The topological polar surface area (TPSA) is 79.0 Å². The number of benzene rings is 1. The van der Waals surface area contributed by atoms with Crippen LogP contribution in [0.5, 0.6) is 0 Å². The van der Waals surface area contributed by atoms with Crippen LogP contribution in [0.1, 0.15) is 32.3 Å². The lowest BCUT2D eigenvalue weighted by Crippen LogP contribution is -2.23. The molecule has 0 aliphatic rings. The predicted octanol–water partition coefficient (Wildman–Crippen LogP) is 3.65. The van der Waals surface area contributed by atoms with Gasteiger partial charge in [0.15, 0.2) is 0 Å². The van der Waals surface area contributed by atoms with E-state index in [1.807, 2.05) is 20.8 Å². The molecule has 5 nitrogen and oxygen atoms in total. The zero-order valence-corrected chi connectivity index (χ0v) is 11.6. The largest absolute Gasteiger partial charge is 0.379 e. The summed E-state index contributed by atoms with van der Waals surface area (Å²) in [4.78, 5) is 10.6. The maximum absolute atomic E-state index is 11.0. The Morgan fingerprint density at radius 3 is 2.74 bits per heavy atom. The zero-order chi connectivity index (χ0) is 14.5. The van der Waals surface area contributed by atoms with E-state index >= 15 is 0 Å². The summed E-state index contributed by atoms with van der Waals surface area (Å²) in [6, 6.07) is 7.14. The van der Waals surface area contributed by atoms with Gasteiger partial charge < -0.3 is 5.32 Å². The van der Waals surface area contributed by atoms with Crippen molar-refractivity contribution in [2.75, 3.05) is 11.9 Å². The van der Waals surface area contributed by atoms with Gasteiger partial charge in [-0.15, -0.1) is 0 Å². The second-order valence-electron chi connectivity index (χ2n) is 5.45. The highest BCUT2D eigenvalue weighted by Gasteiger charge is 2.20. The molecule has 0 unspecified atom stereocenters. The van der Waals surface area contributed by atoms with Crippen LogP contribution in [-0.2, 0) is 0 Å². The van der Waals surface area contributed by atoms with Crippen molar-refractivity contribution in [3.8, 4) is 6.07 Å². The van der Waals surface area contributed by atoms with Gasteiger partial charge >= 0.3 is 0 Å². The minimum absolute atomic E-state index is 0.0760. The molecule has 1 N–H and O–H groups in total. The zero-order valence-electron chi connectivity index (χ0n) is 11.6. The fraction of sp³-hybridized carbons (Fsp3) is 0.500. The van der Waals surface area contributed by atoms with Crippen molar-refractivity contribution in [2.24, 2.45) is 5.41 Å². The normalized spacial score (nSPS) is 10.8. The molecule has 0 saturated carbocycles. The molecular weight excluding hydrogens is 242 g/mol. The van der Waals surface area contributed by atoms with Gasteiger partial charge in [-0.05, 0) is 30.4 Å². The number of nitrogens with one attached hydrogen (secondary N) is 1. The standard InChI is InChI=1S/C14H19N3O2/c1-11-5-6-13(17(18)19)12(9-11)16-10-14(2,3)7-4-8-15/h5-6,9,16H,4,7,10H2,1-3H3. The molecule has 0 spiro atoms. The van der Waals surface area contributed by atoms with Gasteiger partial charge in [0.25, 0.3) is 5.69 Å². The molecule has 5 heteroatoms. The van der Waals surface area contributed by atoms with Crippen molar-refractivity contribution >= 4 is 11.4 Å². The van der Waals surface area contributed by atoms with E-state index < -0.39 is 0 Å². The summed E-state index contributed by atoms with van der Waals surface area (Å²) in [5, 5.41) is 22.7. The molecule has 1 aromatic rings. The highest BCUT2D eigenvalue weighted by atomic mass is 16.6. The van der Waals surface area contributed by atoms with Gasteiger partial charge in [-0.1, -0.05) is 19.9 Å². The minimum Gasteiger partial charge on any atom is -0.379 e. The number of nitrogens with zero attached hydrogens (tertiary/aromatic N) is 2. The van der Waals surface area contributed by atoms with Crippen molar-refractivity contribution in [2.45, 2.75) is 33.6 Å². The van der Waals surface area contributed by atoms with E-state index in [1.54, 1.807) is 12.1 Å². The summed E-state index contributed by atoms with van der Waals surface area (Å²) in [5.74, 6) is 0. The van der Waals surface area contributed by atoms with Crippen LogP contribution in [0.25, 0.3) is 0 Å².